The van der Waals surface area contributed by atoms with Crippen LogP contribution in [0.3, 0.4) is 0 Å². The quantitative estimate of drug-likeness (QED) is 0.514. The highest BCUT2D eigenvalue weighted by Gasteiger charge is 2.30. The van der Waals surface area contributed by atoms with Crippen molar-refractivity contribution in [3.63, 3.8) is 0 Å². The molecule has 0 bridgehead atoms. The highest BCUT2D eigenvalue weighted by molar-refractivity contribution is 6.42. The van der Waals surface area contributed by atoms with E-state index in [4.69, 9.17) is 28.2 Å². The molecule has 0 unspecified atom stereocenters. The van der Waals surface area contributed by atoms with Gasteiger partial charge in [0, 0.05) is 19.5 Å². The van der Waals surface area contributed by atoms with Crippen molar-refractivity contribution in [2.75, 3.05) is 11.9 Å². The van der Waals surface area contributed by atoms with E-state index >= 15 is 0 Å². The molecule has 0 radical (unpaired) electrons. The number of halogens is 5. The number of amidine groups is 1. The molecule has 1 aliphatic rings. The van der Waals surface area contributed by atoms with Crippen LogP contribution in [0, 0.1) is 0 Å². The summed E-state index contributed by atoms with van der Waals surface area (Å²) in [6.45, 7) is 1.07. The van der Waals surface area contributed by atoms with Crippen molar-refractivity contribution in [1.29, 1.82) is 0 Å². The average Bonchev–Trinajstić information content (AvgIpc) is 2.71. The van der Waals surface area contributed by atoms with Crippen LogP contribution < -0.4 is 10.6 Å². The van der Waals surface area contributed by atoms with Crippen molar-refractivity contribution in [2.24, 2.45) is 4.99 Å². The molecule has 0 saturated carbocycles. The third kappa shape index (κ3) is 6.28. The molecule has 0 atom stereocenters. The zero-order chi connectivity index (χ0) is 20.9. The predicted octanol–water partition coefficient (Wildman–Crippen LogP) is 7.21. The Morgan fingerprint density at radius 2 is 1.76 bits per heavy atom. The van der Waals surface area contributed by atoms with Crippen molar-refractivity contribution in [3.05, 3.63) is 57.6 Å². The summed E-state index contributed by atoms with van der Waals surface area (Å²) in [6, 6.07) is 8.77. The summed E-state index contributed by atoms with van der Waals surface area (Å²) in [7, 11) is 0. The van der Waals surface area contributed by atoms with Crippen LogP contribution in [0.15, 0.2) is 41.4 Å². The van der Waals surface area contributed by atoms with Crippen molar-refractivity contribution >= 4 is 40.4 Å². The largest absolute Gasteiger partial charge is 0.416 e. The number of fused-ring (bicyclic) bond motifs is 1. The number of rotatable bonds is 2. The highest BCUT2D eigenvalue weighted by Crippen LogP contribution is 2.35. The van der Waals surface area contributed by atoms with Gasteiger partial charge in [-0.05, 0) is 42.7 Å². The molecular weight excluding hydrogens is 422 g/mol. The Morgan fingerprint density at radius 1 is 1.00 bits per heavy atom. The second kappa shape index (κ2) is 9.72. The molecular formula is C21H22Cl2F3N3. The second-order valence-electron chi connectivity index (χ2n) is 6.98. The highest BCUT2D eigenvalue weighted by atomic mass is 35.5. The smallest absolute Gasteiger partial charge is 0.383 e. The lowest BCUT2D eigenvalue weighted by Crippen LogP contribution is -2.23. The number of alkyl halides is 3. The Kier molecular flexibility index (Phi) is 7.30. The topological polar surface area (TPSA) is 36.4 Å². The molecule has 3 rings (SSSR count). The summed E-state index contributed by atoms with van der Waals surface area (Å²) in [5.74, 6) is 0.714. The number of hydrogen-bond acceptors (Lipinski definition) is 3. The van der Waals surface area contributed by atoms with Gasteiger partial charge in [-0.15, -0.1) is 0 Å². The number of nitrogens with zero attached hydrogens (tertiary/aromatic N) is 1. The number of hydrogen-bond donors (Lipinski definition) is 2. The van der Waals surface area contributed by atoms with E-state index < -0.39 is 11.7 Å². The summed E-state index contributed by atoms with van der Waals surface area (Å²) in [4.78, 5) is 4.71. The molecule has 2 N–H and O–H groups in total. The lowest BCUT2D eigenvalue weighted by Gasteiger charge is -2.14. The summed E-state index contributed by atoms with van der Waals surface area (Å²) in [5, 5.41) is 7.40. The Morgan fingerprint density at radius 3 is 2.55 bits per heavy atom. The molecule has 1 aliphatic heterocycles. The Hall–Kier alpha value is -1.92. The fraction of sp³-hybridized carbons (Fsp3) is 0.381. The molecule has 0 amide bonds. The van der Waals surface area contributed by atoms with Crippen LogP contribution in [0.5, 0.6) is 0 Å². The van der Waals surface area contributed by atoms with Gasteiger partial charge >= 0.3 is 6.18 Å². The van der Waals surface area contributed by atoms with Crippen LogP contribution in [0.1, 0.15) is 43.2 Å². The van der Waals surface area contributed by atoms with Crippen molar-refractivity contribution < 1.29 is 13.2 Å². The molecule has 2 aromatic carbocycles. The molecule has 2 aromatic rings. The lowest BCUT2D eigenvalue weighted by atomic mass is 10.1. The zero-order valence-electron chi connectivity index (χ0n) is 15.8. The molecule has 156 valence electrons. The third-order valence-corrected chi connectivity index (χ3v) is 5.42. The van der Waals surface area contributed by atoms with Gasteiger partial charge in [-0.1, -0.05) is 48.2 Å². The fourth-order valence-corrected chi connectivity index (χ4v) is 3.48. The van der Waals surface area contributed by atoms with Gasteiger partial charge in [-0.25, -0.2) is 4.99 Å². The van der Waals surface area contributed by atoms with Crippen LogP contribution in [0.2, 0.25) is 10.0 Å². The Labute approximate surface area is 178 Å². The van der Waals surface area contributed by atoms with E-state index in [0.29, 0.717) is 33.6 Å². The summed E-state index contributed by atoms with van der Waals surface area (Å²) >= 11 is 12.3. The van der Waals surface area contributed by atoms with Gasteiger partial charge in [0.05, 0.1) is 27.0 Å². The molecule has 1 heterocycles. The van der Waals surface area contributed by atoms with Crippen LogP contribution in [-0.4, -0.2) is 12.4 Å². The Balaban J connectivity index is 1.84. The van der Waals surface area contributed by atoms with Gasteiger partial charge in [-0.3, -0.25) is 0 Å². The third-order valence-electron chi connectivity index (χ3n) is 4.70. The normalized spacial score (nSPS) is 17.3. The fourth-order valence-electron chi connectivity index (χ4n) is 3.16. The maximum Gasteiger partial charge on any atom is 0.416 e. The van der Waals surface area contributed by atoms with Crippen molar-refractivity contribution in [1.82, 2.24) is 5.32 Å². The minimum absolute atomic E-state index is 0.257. The first-order valence-electron chi connectivity index (χ1n) is 9.53. The summed E-state index contributed by atoms with van der Waals surface area (Å²) < 4.78 is 38.8. The molecule has 3 nitrogen and oxygen atoms in total. The van der Waals surface area contributed by atoms with E-state index in [2.05, 4.69) is 10.6 Å². The molecule has 29 heavy (non-hydrogen) atoms. The van der Waals surface area contributed by atoms with E-state index in [1.54, 1.807) is 18.2 Å². The maximum absolute atomic E-state index is 12.9. The number of benzene rings is 2. The second-order valence-corrected chi connectivity index (χ2v) is 7.80. The number of nitrogens with one attached hydrogen (secondary N) is 2. The van der Waals surface area contributed by atoms with Gasteiger partial charge in [0.1, 0.15) is 5.84 Å². The number of anilines is 1. The summed E-state index contributed by atoms with van der Waals surface area (Å²) in [6.07, 6.45) is 0.480. The average molecular weight is 444 g/mol. The first-order valence-corrected chi connectivity index (χ1v) is 10.3. The van der Waals surface area contributed by atoms with Crippen LogP contribution >= 0.6 is 23.2 Å². The van der Waals surface area contributed by atoms with Gasteiger partial charge < -0.3 is 10.6 Å². The minimum atomic E-state index is -4.36. The van der Waals surface area contributed by atoms with Crippen molar-refractivity contribution in [3.8, 4) is 0 Å². The van der Waals surface area contributed by atoms with Gasteiger partial charge in [0.15, 0.2) is 0 Å². The minimum Gasteiger partial charge on any atom is -0.383 e. The molecule has 0 fully saturated rings. The monoisotopic (exact) mass is 443 g/mol. The molecule has 0 spiro atoms. The first kappa shape index (κ1) is 21.8. The van der Waals surface area contributed by atoms with Gasteiger partial charge in [-0.2, -0.15) is 13.2 Å². The maximum atomic E-state index is 12.9. The molecule has 0 aliphatic carbocycles. The summed E-state index contributed by atoms with van der Waals surface area (Å²) in [5.41, 5.74) is 1.34. The van der Waals surface area contributed by atoms with E-state index in [-0.39, 0.29) is 6.54 Å². The Bertz CT molecular complexity index is 882. The molecule has 8 heteroatoms. The van der Waals surface area contributed by atoms with Gasteiger partial charge in [0.2, 0.25) is 0 Å². The van der Waals surface area contributed by atoms with E-state index in [1.165, 1.54) is 6.07 Å². The van der Waals surface area contributed by atoms with Gasteiger partial charge in [0.25, 0.3) is 0 Å². The van der Waals surface area contributed by atoms with E-state index in [0.717, 1.165) is 50.0 Å². The van der Waals surface area contributed by atoms with E-state index in [1.807, 2.05) is 0 Å². The molecule has 0 saturated heterocycles. The SMILES string of the molecule is FC(F)(F)c1cccc(CN/C2=N/c3cc(Cl)c(Cl)cc3NCCCCCC2)c1. The standard InChI is InChI=1S/C21H22Cl2F3N3/c22-16-11-18-19(12-17(16)23)29-20(8-3-1-2-4-9-27-18)28-13-14-6-5-7-15(10-14)21(24,25)26/h5-7,10-12,27H,1-4,8-9,13H2,(H,28,29). The molecule has 0 aromatic heterocycles. The zero-order valence-corrected chi connectivity index (χ0v) is 17.3. The number of aliphatic imine (C=N–C) groups is 1. The lowest BCUT2D eigenvalue weighted by molar-refractivity contribution is -0.137. The predicted molar refractivity (Wildman–Crippen MR) is 113 cm³/mol. The van der Waals surface area contributed by atoms with Crippen LogP contribution in [0.25, 0.3) is 0 Å². The van der Waals surface area contributed by atoms with Crippen molar-refractivity contribution in [2.45, 2.75) is 44.8 Å². The van der Waals surface area contributed by atoms with E-state index in [9.17, 15) is 13.2 Å². The first-order chi connectivity index (χ1) is 13.8. The van der Waals surface area contributed by atoms with Crippen LogP contribution in [0.4, 0.5) is 24.5 Å². The van der Waals surface area contributed by atoms with Crippen LogP contribution in [-0.2, 0) is 12.7 Å².